The van der Waals surface area contributed by atoms with E-state index in [0.717, 1.165) is 12.2 Å². The maximum absolute atomic E-state index is 4.32. The molecule has 1 N–H and O–H groups in total. The van der Waals surface area contributed by atoms with Gasteiger partial charge in [0, 0.05) is 42.5 Å². The van der Waals surface area contributed by atoms with Crippen LogP contribution in [0, 0.1) is 6.92 Å². The van der Waals surface area contributed by atoms with Crippen LogP contribution in [0.3, 0.4) is 0 Å². The van der Waals surface area contributed by atoms with Crippen molar-refractivity contribution in [1.82, 2.24) is 20.1 Å². The average molecular weight is 236 g/mol. The molecule has 0 aliphatic rings. The van der Waals surface area contributed by atoms with Gasteiger partial charge in [0.2, 0.25) is 0 Å². The first-order valence-electron chi connectivity index (χ1n) is 5.27. The van der Waals surface area contributed by atoms with E-state index in [2.05, 4.69) is 28.5 Å². The van der Waals surface area contributed by atoms with Gasteiger partial charge < -0.3 is 5.32 Å². The van der Waals surface area contributed by atoms with Gasteiger partial charge in [0.1, 0.15) is 0 Å². The van der Waals surface area contributed by atoms with Crippen LogP contribution in [-0.2, 0) is 13.6 Å². The summed E-state index contributed by atoms with van der Waals surface area (Å²) in [4.78, 5) is 5.35. The van der Waals surface area contributed by atoms with E-state index in [-0.39, 0.29) is 0 Å². The minimum Gasteiger partial charge on any atom is -0.305 e. The molecule has 86 valence electrons. The molecule has 0 aliphatic carbocycles. The molecule has 0 aliphatic heterocycles. The molecule has 0 saturated heterocycles. The molecule has 2 aromatic heterocycles. The predicted molar refractivity (Wildman–Crippen MR) is 65.3 cm³/mol. The van der Waals surface area contributed by atoms with Crippen LogP contribution in [0.2, 0.25) is 0 Å². The Morgan fingerprint density at radius 1 is 1.56 bits per heavy atom. The van der Waals surface area contributed by atoms with Crippen LogP contribution in [-0.4, -0.2) is 14.8 Å². The molecule has 16 heavy (non-hydrogen) atoms. The fraction of sp³-hybridized carbons (Fsp3) is 0.455. The van der Waals surface area contributed by atoms with Crippen molar-refractivity contribution in [2.45, 2.75) is 26.4 Å². The number of aromatic nitrogens is 3. The second-order valence-electron chi connectivity index (χ2n) is 3.92. The Morgan fingerprint density at radius 3 is 2.94 bits per heavy atom. The van der Waals surface area contributed by atoms with Crippen LogP contribution < -0.4 is 5.32 Å². The molecule has 2 aromatic rings. The Balaban J connectivity index is 1.95. The van der Waals surface area contributed by atoms with Gasteiger partial charge in [-0.3, -0.25) is 9.67 Å². The Bertz CT molecular complexity index is 447. The zero-order valence-corrected chi connectivity index (χ0v) is 10.6. The van der Waals surface area contributed by atoms with E-state index in [9.17, 15) is 0 Å². The molecule has 0 fully saturated rings. The normalized spacial score (nSPS) is 12.9. The van der Waals surface area contributed by atoms with E-state index in [1.165, 1.54) is 10.4 Å². The summed E-state index contributed by atoms with van der Waals surface area (Å²) < 4.78 is 1.85. The number of hydrogen-bond acceptors (Lipinski definition) is 4. The zero-order chi connectivity index (χ0) is 11.5. The van der Waals surface area contributed by atoms with Crippen molar-refractivity contribution in [3.8, 4) is 0 Å². The summed E-state index contributed by atoms with van der Waals surface area (Å²) in [6.07, 6.45) is 3.97. The molecule has 0 aromatic carbocycles. The van der Waals surface area contributed by atoms with Crippen molar-refractivity contribution in [2.75, 3.05) is 0 Å². The van der Waals surface area contributed by atoms with Crippen molar-refractivity contribution in [3.63, 3.8) is 0 Å². The Labute approximate surface area is 99.3 Å². The highest BCUT2D eigenvalue weighted by atomic mass is 32.1. The predicted octanol–water partition coefficient (Wildman–Crippen LogP) is 2.04. The van der Waals surface area contributed by atoms with Crippen molar-refractivity contribution in [2.24, 2.45) is 7.05 Å². The van der Waals surface area contributed by atoms with Crippen molar-refractivity contribution in [1.29, 1.82) is 0 Å². The minimum atomic E-state index is 0.340. The van der Waals surface area contributed by atoms with Crippen LogP contribution in [0.15, 0.2) is 17.9 Å². The molecule has 0 saturated carbocycles. The summed E-state index contributed by atoms with van der Waals surface area (Å²) in [7, 11) is 1.95. The third-order valence-electron chi connectivity index (χ3n) is 2.59. The first-order valence-corrected chi connectivity index (χ1v) is 6.15. The Kier molecular flexibility index (Phi) is 3.36. The number of rotatable bonds is 4. The van der Waals surface area contributed by atoms with Crippen LogP contribution in [0.1, 0.15) is 29.1 Å². The third kappa shape index (κ3) is 2.48. The maximum Gasteiger partial charge on any atom is 0.0794 e. The molecular weight excluding hydrogens is 220 g/mol. The Morgan fingerprint density at radius 2 is 2.38 bits per heavy atom. The molecule has 0 spiro atoms. The second-order valence-corrected chi connectivity index (χ2v) is 4.84. The summed E-state index contributed by atoms with van der Waals surface area (Å²) in [6, 6.07) is 0.340. The molecule has 2 rings (SSSR count). The zero-order valence-electron chi connectivity index (χ0n) is 9.77. The van der Waals surface area contributed by atoms with Crippen molar-refractivity contribution < 1.29 is 0 Å². The van der Waals surface area contributed by atoms with Crippen LogP contribution in [0.5, 0.6) is 0 Å². The van der Waals surface area contributed by atoms with Crippen molar-refractivity contribution in [3.05, 3.63) is 34.0 Å². The second kappa shape index (κ2) is 4.76. The van der Waals surface area contributed by atoms with Gasteiger partial charge in [-0.25, -0.2) is 0 Å². The van der Waals surface area contributed by atoms with Crippen LogP contribution >= 0.6 is 11.3 Å². The number of thiazole rings is 1. The fourth-order valence-corrected chi connectivity index (χ4v) is 2.28. The van der Waals surface area contributed by atoms with E-state index < -0.39 is 0 Å². The summed E-state index contributed by atoms with van der Waals surface area (Å²) in [6.45, 7) is 5.03. The highest BCUT2D eigenvalue weighted by molar-refractivity contribution is 7.09. The molecule has 2 heterocycles. The lowest BCUT2D eigenvalue weighted by molar-refractivity contribution is 0.580. The molecule has 4 nitrogen and oxygen atoms in total. The van der Waals surface area contributed by atoms with Gasteiger partial charge >= 0.3 is 0 Å². The quantitative estimate of drug-likeness (QED) is 0.883. The summed E-state index contributed by atoms with van der Waals surface area (Å²) in [5, 5.41) is 7.79. The lowest BCUT2D eigenvalue weighted by atomic mass is 10.2. The van der Waals surface area contributed by atoms with Gasteiger partial charge in [-0.1, -0.05) is 0 Å². The van der Waals surface area contributed by atoms with Gasteiger partial charge in [0.15, 0.2) is 0 Å². The summed E-state index contributed by atoms with van der Waals surface area (Å²) in [5.74, 6) is 0. The summed E-state index contributed by atoms with van der Waals surface area (Å²) >= 11 is 1.68. The van der Waals surface area contributed by atoms with Crippen molar-refractivity contribution >= 4 is 11.3 Å². The number of nitrogens with one attached hydrogen (secondary N) is 1. The smallest absolute Gasteiger partial charge is 0.0794 e. The first-order chi connectivity index (χ1) is 7.66. The minimum absolute atomic E-state index is 0.340. The summed E-state index contributed by atoms with van der Waals surface area (Å²) in [5.41, 5.74) is 4.20. The molecule has 0 bridgehead atoms. The topological polar surface area (TPSA) is 42.7 Å². The fourth-order valence-electron chi connectivity index (χ4n) is 1.63. The first kappa shape index (κ1) is 11.3. The highest BCUT2D eigenvalue weighted by Crippen LogP contribution is 2.17. The van der Waals surface area contributed by atoms with E-state index in [1.54, 1.807) is 11.3 Å². The SMILES string of the molecule is Cc1nn(C)cc1CNC(C)c1cncs1. The molecule has 0 radical (unpaired) electrons. The van der Waals surface area contributed by atoms with E-state index in [1.807, 2.05) is 30.4 Å². The van der Waals surface area contributed by atoms with Gasteiger partial charge in [0.25, 0.3) is 0 Å². The van der Waals surface area contributed by atoms with Crippen LogP contribution in [0.25, 0.3) is 0 Å². The lowest BCUT2D eigenvalue weighted by Gasteiger charge is -2.10. The molecule has 1 unspecified atom stereocenters. The average Bonchev–Trinajstić information content (AvgIpc) is 2.84. The van der Waals surface area contributed by atoms with E-state index in [4.69, 9.17) is 0 Å². The standard InChI is InChI=1S/C11H16N4S/c1-8-10(6-15(3)14-8)4-13-9(2)11-5-12-7-16-11/h5-7,9,13H,4H2,1-3H3. The highest BCUT2D eigenvalue weighted by Gasteiger charge is 2.08. The molecular formula is C11H16N4S. The number of aryl methyl sites for hydroxylation is 2. The van der Waals surface area contributed by atoms with E-state index >= 15 is 0 Å². The van der Waals surface area contributed by atoms with Crippen LogP contribution in [0.4, 0.5) is 0 Å². The molecule has 0 amide bonds. The number of nitrogens with zero attached hydrogens (tertiary/aromatic N) is 3. The lowest BCUT2D eigenvalue weighted by Crippen LogP contribution is -2.17. The van der Waals surface area contributed by atoms with Gasteiger partial charge in [-0.15, -0.1) is 11.3 Å². The monoisotopic (exact) mass is 236 g/mol. The molecule has 1 atom stereocenters. The van der Waals surface area contributed by atoms with Gasteiger partial charge in [-0.2, -0.15) is 5.10 Å². The van der Waals surface area contributed by atoms with E-state index in [0.29, 0.717) is 6.04 Å². The van der Waals surface area contributed by atoms with Gasteiger partial charge in [0.05, 0.1) is 11.2 Å². The van der Waals surface area contributed by atoms with Gasteiger partial charge in [-0.05, 0) is 13.8 Å². The third-order valence-corrected chi connectivity index (χ3v) is 3.55. The number of hydrogen-bond donors (Lipinski definition) is 1. The largest absolute Gasteiger partial charge is 0.305 e. The Hall–Kier alpha value is -1.20. The molecule has 5 heteroatoms. The maximum atomic E-state index is 4.32.